The number of halogens is 1. The van der Waals surface area contributed by atoms with Gasteiger partial charge in [-0.15, -0.1) is 0 Å². The highest BCUT2D eigenvalue weighted by atomic mass is 79.9. The van der Waals surface area contributed by atoms with Crippen molar-refractivity contribution in [1.82, 2.24) is 0 Å². The van der Waals surface area contributed by atoms with Crippen LogP contribution in [0.25, 0.3) is 0 Å². The third-order valence-corrected chi connectivity index (χ3v) is 1.57. The second-order valence-electron chi connectivity index (χ2n) is 2.09. The van der Waals surface area contributed by atoms with E-state index < -0.39 is 16.6 Å². The Morgan fingerprint density at radius 3 is 2.23 bits per heavy atom. The predicted molar refractivity (Wildman–Crippen MR) is 49.9 cm³/mol. The van der Waals surface area contributed by atoms with E-state index in [2.05, 4.69) is 30.7 Å². The molecule has 0 saturated carbocycles. The third kappa shape index (κ3) is 3.54. The van der Waals surface area contributed by atoms with Gasteiger partial charge in [0.2, 0.25) is 11.5 Å². The van der Waals surface area contributed by atoms with Gasteiger partial charge in [0.15, 0.2) is 0 Å². The molecule has 6 heteroatoms. The highest BCUT2D eigenvalue weighted by molar-refractivity contribution is 9.10. The van der Waals surface area contributed by atoms with Gasteiger partial charge < -0.3 is 9.57 Å². The zero-order chi connectivity index (χ0) is 10.4. The van der Waals surface area contributed by atoms with Gasteiger partial charge in [0.05, 0.1) is 11.9 Å². The standard InChI is InChI=1S/C7H10BrNO4/c1-4(8)6(10)5(9-13-3)7(11)12-2/h4H,1-3H3. The molecule has 5 nitrogen and oxygen atoms in total. The van der Waals surface area contributed by atoms with Crippen LogP contribution in [0.1, 0.15) is 6.92 Å². The van der Waals surface area contributed by atoms with Gasteiger partial charge in [-0.05, 0) is 6.92 Å². The molecule has 0 aliphatic rings. The molecule has 74 valence electrons. The number of ether oxygens (including phenoxy) is 1. The summed E-state index contributed by atoms with van der Waals surface area (Å²) in [7, 11) is 2.41. The molecule has 0 bridgehead atoms. The number of Topliss-reactive ketones (excluding diaryl/α,β-unsaturated/α-hetero) is 1. The summed E-state index contributed by atoms with van der Waals surface area (Å²) in [6, 6.07) is 0. The van der Waals surface area contributed by atoms with E-state index in [0.717, 1.165) is 0 Å². The van der Waals surface area contributed by atoms with Crippen molar-refractivity contribution >= 4 is 33.4 Å². The van der Waals surface area contributed by atoms with Crippen LogP contribution in [-0.2, 0) is 19.2 Å². The second kappa shape index (κ2) is 5.69. The number of hydrogen-bond donors (Lipinski definition) is 0. The number of alkyl halides is 1. The van der Waals surface area contributed by atoms with E-state index in [1.807, 2.05) is 0 Å². The lowest BCUT2D eigenvalue weighted by Crippen LogP contribution is -2.30. The predicted octanol–water partition coefficient (Wildman–Crippen LogP) is 0.514. The minimum absolute atomic E-state index is 0.352. The van der Waals surface area contributed by atoms with Gasteiger partial charge in [-0.2, -0.15) is 0 Å². The average Bonchev–Trinajstić information content (AvgIpc) is 2.11. The fourth-order valence-electron chi connectivity index (χ4n) is 0.559. The van der Waals surface area contributed by atoms with Crippen LogP contribution in [0.4, 0.5) is 0 Å². The highest BCUT2D eigenvalue weighted by Gasteiger charge is 2.25. The van der Waals surface area contributed by atoms with Crippen LogP contribution in [-0.4, -0.2) is 36.5 Å². The van der Waals surface area contributed by atoms with Crippen LogP contribution in [0.2, 0.25) is 0 Å². The average molecular weight is 252 g/mol. The first-order chi connectivity index (χ1) is 6.04. The number of carbonyl (C=O) groups is 2. The van der Waals surface area contributed by atoms with E-state index in [9.17, 15) is 9.59 Å². The summed E-state index contributed by atoms with van der Waals surface area (Å²) in [6.45, 7) is 1.58. The molecule has 0 aliphatic carbocycles. The maximum absolute atomic E-state index is 11.3. The molecule has 0 aliphatic heterocycles. The SMILES string of the molecule is CON=C(C(=O)OC)C(=O)C(C)Br. The normalized spacial score (nSPS) is 13.4. The zero-order valence-electron chi connectivity index (χ0n) is 7.54. The molecule has 0 amide bonds. The van der Waals surface area contributed by atoms with Crippen molar-refractivity contribution in [2.75, 3.05) is 14.2 Å². The minimum atomic E-state index is -0.807. The highest BCUT2D eigenvalue weighted by Crippen LogP contribution is 2.02. The fourth-order valence-corrected chi connectivity index (χ4v) is 0.776. The number of rotatable bonds is 4. The summed E-state index contributed by atoms with van der Waals surface area (Å²) in [5.41, 5.74) is -0.352. The van der Waals surface area contributed by atoms with Crippen LogP contribution in [0.5, 0.6) is 0 Å². The van der Waals surface area contributed by atoms with E-state index >= 15 is 0 Å². The van der Waals surface area contributed by atoms with Crippen molar-refractivity contribution < 1.29 is 19.2 Å². The minimum Gasteiger partial charge on any atom is -0.464 e. The van der Waals surface area contributed by atoms with Crippen LogP contribution in [0, 0.1) is 0 Å². The van der Waals surface area contributed by atoms with Crippen molar-refractivity contribution in [3.05, 3.63) is 0 Å². The Hall–Kier alpha value is -0.910. The Morgan fingerprint density at radius 2 is 1.92 bits per heavy atom. The quantitative estimate of drug-likeness (QED) is 0.240. The van der Waals surface area contributed by atoms with Gasteiger partial charge in [0, 0.05) is 0 Å². The lowest BCUT2D eigenvalue weighted by Gasteiger charge is -2.03. The van der Waals surface area contributed by atoms with Crippen LogP contribution in [0.3, 0.4) is 0 Å². The van der Waals surface area contributed by atoms with E-state index in [-0.39, 0.29) is 5.71 Å². The molecule has 1 atom stereocenters. The topological polar surface area (TPSA) is 65.0 Å². The molecular weight excluding hydrogens is 242 g/mol. The van der Waals surface area contributed by atoms with Crippen molar-refractivity contribution in [1.29, 1.82) is 0 Å². The van der Waals surface area contributed by atoms with E-state index in [1.54, 1.807) is 6.92 Å². The molecule has 0 fully saturated rings. The molecule has 0 spiro atoms. The zero-order valence-corrected chi connectivity index (χ0v) is 9.12. The number of esters is 1. The Morgan fingerprint density at radius 1 is 1.38 bits per heavy atom. The van der Waals surface area contributed by atoms with Gasteiger partial charge in [-0.3, -0.25) is 4.79 Å². The van der Waals surface area contributed by atoms with Crippen LogP contribution in [0.15, 0.2) is 5.16 Å². The first-order valence-corrected chi connectivity index (χ1v) is 4.33. The molecule has 1 unspecified atom stereocenters. The molecule has 0 aromatic rings. The smallest absolute Gasteiger partial charge is 0.363 e. The molecule has 0 N–H and O–H groups in total. The summed E-state index contributed by atoms with van der Waals surface area (Å²) in [4.78, 5) is 26.1. The second-order valence-corrected chi connectivity index (χ2v) is 3.47. The maximum Gasteiger partial charge on any atom is 0.363 e. The Balaban J connectivity index is 4.72. The Labute approximate surface area is 84.2 Å². The summed E-state index contributed by atoms with van der Waals surface area (Å²) < 4.78 is 4.34. The van der Waals surface area contributed by atoms with E-state index in [0.29, 0.717) is 0 Å². The Kier molecular flexibility index (Phi) is 5.29. The molecule has 0 aromatic heterocycles. The molecule has 0 saturated heterocycles. The van der Waals surface area contributed by atoms with Gasteiger partial charge >= 0.3 is 5.97 Å². The first kappa shape index (κ1) is 12.1. The number of methoxy groups -OCH3 is 1. The number of ketones is 1. The maximum atomic E-state index is 11.3. The third-order valence-electron chi connectivity index (χ3n) is 1.16. The monoisotopic (exact) mass is 251 g/mol. The van der Waals surface area contributed by atoms with Gasteiger partial charge in [0.1, 0.15) is 7.11 Å². The molecular formula is C7H10BrNO4. The Bertz CT molecular complexity index is 237. The van der Waals surface area contributed by atoms with Gasteiger partial charge in [-0.25, -0.2) is 4.79 Å². The molecule has 0 radical (unpaired) electrons. The van der Waals surface area contributed by atoms with Crippen LogP contribution < -0.4 is 0 Å². The number of oxime groups is 1. The molecule has 0 aromatic carbocycles. The largest absolute Gasteiger partial charge is 0.464 e. The van der Waals surface area contributed by atoms with Crippen molar-refractivity contribution in [2.45, 2.75) is 11.8 Å². The number of carbonyl (C=O) groups excluding carboxylic acids is 2. The summed E-state index contributed by atoms with van der Waals surface area (Å²) in [5.74, 6) is -1.29. The summed E-state index contributed by atoms with van der Waals surface area (Å²) >= 11 is 3.01. The van der Waals surface area contributed by atoms with Gasteiger partial charge in [-0.1, -0.05) is 21.1 Å². The fraction of sp³-hybridized carbons (Fsp3) is 0.571. The summed E-state index contributed by atoms with van der Waals surface area (Å²) in [5, 5.41) is 3.28. The van der Waals surface area contributed by atoms with Crippen molar-refractivity contribution in [3.63, 3.8) is 0 Å². The molecule has 0 rings (SSSR count). The molecule has 0 heterocycles. The van der Waals surface area contributed by atoms with Crippen molar-refractivity contribution in [3.8, 4) is 0 Å². The van der Waals surface area contributed by atoms with E-state index in [1.165, 1.54) is 14.2 Å². The van der Waals surface area contributed by atoms with Crippen LogP contribution >= 0.6 is 15.9 Å². The first-order valence-electron chi connectivity index (χ1n) is 3.42. The lowest BCUT2D eigenvalue weighted by molar-refractivity contribution is -0.133. The molecule has 13 heavy (non-hydrogen) atoms. The summed E-state index contributed by atoms with van der Waals surface area (Å²) in [6.07, 6.45) is 0. The number of nitrogens with zero attached hydrogens (tertiary/aromatic N) is 1. The van der Waals surface area contributed by atoms with Gasteiger partial charge in [0.25, 0.3) is 0 Å². The van der Waals surface area contributed by atoms with Crippen molar-refractivity contribution in [2.24, 2.45) is 5.16 Å². The number of hydrogen-bond acceptors (Lipinski definition) is 5. The van der Waals surface area contributed by atoms with E-state index in [4.69, 9.17) is 0 Å². The lowest BCUT2D eigenvalue weighted by atomic mass is 10.2.